The van der Waals surface area contributed by atoms with Crippen molar-refractivity contribution in [2.75, 3.05) is 14.2 Å². The molecule has 0 amide bonds. The lowest BCUT2D eigenvalue weighted by atomic mass is 9.68. The molecule has 108 heavy (non-hydrogen) atoms. The summed E-state index contributed by atoms with van der Waals surface area (Å²) in [6.07, 6.45) is 81.7. The molecule has 0 saturated heterocycles. The number of hydrogen-bond donors (Lipinski definition) is 0. The van der Waals surface area contributed by atoms with Crippen molar-refractivity contribution in [3.8, 4) is 44.2 Å². The van der Waals surface area contributed by atoms with E-state index in [1.165, 1.54) is 445 Å². The number of rotatable bonds is 63. The van der Waals surface area contributed by atoms with Gasteiger partial charge in [-0.25, -0.2) is 0 Å². The molecule has 0 bridgehead atoms. The number of methoxy groups -OCH3 is 2. The number of ether oxygens (including phenoxy) is 2. The maximum absolute atomic E-state index is 6.44. The van der Waals surface area contributed by atoms with Gasteiger partial charge in [0, 0.05) is 48.0 Å². The van der Waals surface area contributed by atoms with Crippen LogP contribution in [0.3, 0.4) is 0 Å². The van der Waals surface area contributed by atoms with Gasteiger partial charge < -0.3 is 9.47 Å². The largest absolute Gasteiger partial charge is 0.495 e. The van der Waals surface area contributed by atoms with Crippen LogP contribution in [0.15, 0.2) is 36.4 Å². The minimum Gasteiger partial charge on any atom is -0.495 e. The van der Waals surface area contributed by atoms with E-state index in [0.717, 1.165) is 66.6 Å². The second-order valence-electron chi connectivity index (χ2n) is 34.4. The highest BCUT2D eigenvalue weighted by atomic mass is 32.1. The molecule has 4 heterocycles. The van der Waals surface area contributed by atoms with Gasteiger partial charge in [0.25, 0.3) is 0 Å². The predicted octanol–water partition coefficient (Wildman–Crippen LogP) is 34.4. The fraction of sp³-hybridized carbons (Fsp3) is 0.714. The molecule has 0 spiro atoms. The molecule has 2 aliphatic carbocycles. The monoisotopic (exact) mass is 1540 g/mol. The van der Waals surface area contributed by atoms with Crippen LogP contribution in [0.4, 0.5) is 0 Å². The third-order valence-electron chi connectivity index (χ3n) is 26.0. The molecule has 2 aliphatic rings. The highest BCUT2D eigenvalue weighted by molar-refractivity contribution is 7.23. The van der Waals surface area contributed by atoms with Crippen LogP contribution < -0.4 is 9.47 Å². The van der Waals surface area contributed by atoms with E-state index in [1.807, 2.05) is 36.9 Å². The molecule has 0 fully saturated rings. The minimum atomic E-state index is -0.203. The van der Waals surface area contributed by atoms with E-state index < -0.39 is 0 Å². The number of aromatic nitrogens is 4. The number of fused-ring (bicyclic) bond motifs is 12. The van der Waals surface area contributed by atoms with Gasteiger partial charge in [-0.05, 0) is 109 Å². The van der Waals surface area contributed by atoms with Crippen molar-refractivity contribution in [3.05, 3.63) is 69.1 Å². The number of aryl methyl sites for hydroxylation is 2. The Balaban J connectivity index is 1.01. The van der Waals surface area contributed by atoms with E-state index in [-0.39, 0.29) is 10.8 Å². The van der Waals surface area contributed by atoms with E-state index in [4.69, 9.17) is 27.0 Å². The van der Waals surface area contributed by atoms with E-state index in [0.29, 0.717) is 0 Å². The fourth-order valence-electron chi connectivity index (χ4n) is 19.8. The third-order valence-corrected chi connectivity index (χ3v) is 29.3. The molecular weight excluding hydrogens is 1390 g/mol. The molecule has 0 radical (unpaired) electrons. The Morgan fingerprint density at radius 3 is 0.880 bits per heavy atom. The van der Waals surface area contributed by atoms with Crippen molar-refractivity contribution in [1.82, 2.24) is 17.5 Å². The molecule has 6 nitrogen and oxygen atoms in total. The van der Waals surface area contributed by atoms with Crippen molar-refractivity contribution < 1.29 is 9.47 Å². The van der Waals surface area contributed by atoms with Crippen molar-refractivity contribution >= 4 is 88.4 Å². The summed E-state index contributed by atoms with van der Waals surface area (Å²) in [5.41, 5.74) is 18.6. The van der Waals surface area contributed by atoms with E-state index in [1.54, 1.807) is 16.7 Å². The molecule has 0 unspecified atom stereocenters. The lowest BCUT2D eigenvalue weighted by Crippen LogP contribution is -2.27. The summed E-state index contributed by atoms with van der Waals surface area (Å²) in [5.74, 6) is 1.90. The van der Waals surface area contributed by atoms with Gasteiger partial charge in [0.05, 0.1) is 47.1 Å². The fourth-order valence-corrected chi connectivity index (χ4v) is 23.2. The van der Waals surface area contributed by atoms with Gasteiger partial charge >= 0.3 is 0 Å². The Hall–Kier alpha value is -3.96. The van der Waals surface area contributed by atoms with Gasteiger partial charge in [0.15, 0.2) is 0 Å². The smallest absolute Gasteiger partial charge is 0.145 e. The molecular formula is C98H150N4O2S4. The first-order chi connectivity index (χ1) is 53.3. The van der Waals surface area contributed by atoms with Gasteiger partial charge in [-0.2, -0.15) is 17.5 Å². The number of hydrogen-bond acceptors (Lipinski definition) is 10. The first kappa shape index (κ1) is 86.4. The number of thiophene rings is 2. The number of nitrogens with zero attached hydrogens (tertiary/aromatic N) is 4. The Morgan fingerprint density at radius 2 is 0.546 bits per heavy atom. The Morgan fingerprint density at radius 1 is 0.278 bits per heavy atom. The molecule has 0 atom stereocenters. The van der Waals surface area contributed by atoms with E-state index in [9.17, 15) is 0 Å². The Bertz CT molecular complexity index is 3740. The first-order valence-corrected chi connectivity index (χ1v) is 49.2. The average Bonchev–Trinajstić information content (AvgIpc) is 1.51. The van der Waals surface area contributed by atoms with Crippen LogP contribution in [0.2, 0.25) is 0 Å². The average molecular weight is 1540 g/mol. The highest BCUT2D eigenvalue weighted by Crippen LogP contribution is 2.64. The van der Waals surface area contributed by atoms with Gasteiger partial charge in [-0.15, -0.1) is 22.7 Å². The van der Waals surface area contributed by atoms with Crippen LogP contribution in [-0.4, -0.2) is 31.7 Å². The molecule has 0 N–H and O–H groups in total. The Kier molecular flexibility index (Phi) is 38.1. The summed E-state index contributed by atoms with van der Waals surface area (Å²) in [7, 11) is 3.71. The van der Waals surface area contributed by atoms with Crippen LogP contribution in [0.1, 0.15) is 446 Å². The first-order valence-electron chi connectivity index (χ1n) is 46.1. The van der Waals surface area contributed by atoms with Crippen molar-refractivity contribution in [1.29, 1.82) is 0 Å². The molecule has 598 valence electrons. The Labute approximate surface area is 675 Å². The maximum atomic E-state index is 6.44. The van der Waals surface area contributed by atoms with Crippen molar-refractivity contribution in [2.45, 2.75) is 438 Å². The molecule has 0 aliphatic heterocycles. The van der Waals surface area contributed by atoms with Gasteiger partial charge in [0.2, 0.25) is 0 Å². The lowest BCUT2D eigenvalue weighted by Gasteiger charge is -2.35. The molecule has 10 rings (SSSR count). The van der Waals surface area contributed by atoms with Crippen molar-refractivity contribution in [3.63, 3.8) is 0 Å². The lowest BCUT2D eigenvalue weighted by molar-refractivity contribution is 0.393. The third kappa shape index (κ3) is 23.2. The summed E-state index contributed by atoms with van der Waals surface area (Å²) < 4.78 is 36.8. The topological polar surface area (TPSA) is 70.0 Å². The summed E-state index contributed by atoms with van der Waals surface area (Å²) in [5, 5.41) is 2.27. The summed E-state index contributed by atoms with van der Waals surface area (Å²) in [6.45, 7) is 13.9. The van der Waals surface area contributed by atoms with Crippen LogP contribution in [0, 0.1) is 13.8 Å². The van der Waals surface area contributed by atoms with Gasteiger partial charge in [-0.1, -0.05) is 393 Å². The van der Waals surface area contributed by atoms with Crippen molar-refractivity contribution in [2.24, 2.45) is 0 Å². The second-order valence-corrected chi connectivity index (χ2v) is 37.8. The maximum Gasteiger partial charge on any atom is 0.145 e. The molecule has 10 heteroatoms. The van der Waals surface area contributed by atoms with E-state index >= 15 is 0 Å². The number of unbranched alkanes of at least 4 members (excludes halogenated alkanes) is 52. The van der Waals surface area contributed by atoms with Crippen LogP contribution in [0.25, 0.3) is 74.9 Å². The van der Waals surface area contributed by atoms with E-state index in [2.05, 4.69) is 77.9 Å². The normalized spacial score (nSPS) is 13.5. The zero-order chi connectivity index (χ0) is 75.4. The summed E-state index contributed by atoms with van der Waals surface area (Å²) in [6, 6.07) is 15.8. The summed E-state index contributed by atoms with van der Waals surface area (Å²) in [4.78, 5) is 2.49. The standard InChI is InChI=1S/C98H150N4O2S4/c1-9-13-17-21-25-29-33-37-41-45-49-53-57-61-65-97(66-62-58-54-50-46-42-38-34-30-26-22-18-14-10-2)82-72-78-83(71-77(82)87-84(97)69-75(5)89-91(87)101-107-99-89)98(67-63-59-55-51-47-43-39-35-31-27-23-19-15-11-3,68-64-60-56-52-48-44-40-36-32-28-24-20-16-12-4)85-73-79(90-92(88(78)85)102-108-100-90)86-74-81-94(104-8)95-80(70-76(6)105-95)93(103-7)96(81)106-86/h69-74H,9-68H2,1-8H3. The highest BCUT2D eigenvalue weighted by Gasteiger charge is 2.50. The minimum absolute atomic E-state index is 0.119. The molecule has 8 aromatic rings. The van der Waals surface area contributed by atoms with Crippen LogP contribution in [-0.2, 0) is 10.8 Å². The van der Waals surface area contributed by atoms with Crippen LogP contribution in [0.5, 0.6) is 11.5 Å². The predicted molar refractivity (Wildman–Crippen MR) is 479 cm³/mol. The SMILES string of the molecule is CCCCCCCCCCCCCCCCC1(CCCCCCCCCCCCCCCC)c2cc3c(cc2-c2c1cc(C)c1nsnc21)C(CCCCCCCCCCCCCCCC)(CCCCCCCCCCCCCCCC)c1cc(-c2cc4c(OC)c5sc(C)cc5c(OC)c4s2)c2nsnc2c1-3. The summed E-state index contributed by atoms with van der Waals surface area (Å²) >= 11 is 6.52. The zero-order valence-electron chi connectivity index (χ0n) is 70.1. The molecule has 4 aromatic carbocycles. The quantitative estimate of drug-likeness (QED) is 0.0354. The van der Waals surface area contributed by atoms with Gasteiger partial charge in [-0.3, -0.25) is 0 Å². The molecule has 0 saturated carbocycles. The second kappa shape index (κ2) is 47.7. The number of benzene rings is 4. The molecule has 4 aromatic heterocycles. The van der Waals surface area contributed by atoms with Crippen LogP contribution >= 0.6 is 46.1 Å². The van der Waals surface area contributed by atoms with Gasteiger partial charge in [0.1, 0.15) is 33.6 Å². The zero-order valence-corrected chi connectivity index (χ0v) is 73.4.